The zero-order valence-corrected chi connectivity index (χ0v) is 13.5. The number of nitrogens with zero attached hydrogens (tertiary/aromatic N) is 2. The molecule has 1 aliphatic heterocycles. The fraction of sp³-hybridized carbons (Fsp3) is 0.800. The van der Waals surface area contributed by atoms with Crippen molar-refractivity contribution in [3.63, 3.8) is 0 Å². The lowest BCUT2D eigenvalue weighted by Gasteiger charge is -2.30. The van der Waals surface area contributed by atoms with Crippen molar-refractivity contribution >= 4 is 11.3 Å². The lowest BCUT2D eigenvalue weighted by Crippen LogP contribution is -2.43. The molecule has 0 spiro atoms. The molecular formula is C15H27N3S. The van der Waals surface area contributed by atoms with Gasteiger partial charge < -0.3 is 5.32 Å². The van der Waals surface area contributed by atoms with E-state index < -0.39 is 0 Å². The maximum absolute atomic E-state index is 4.62. The molecule has 0 bridgehead atoms. The van der Waals surface area contributed by atoms with Crippen LogP contribution in [0.5, 0.6) is 0 Å². The second kappa shape index (κ2) is 6.82. The zero-order valence-electron chi connectivity index (χ0n) is 12.6. The van der Waals surface area contributed by atoms with Crippen molar-refractivity contribution in [2.75, 3.05) is 13.1 Å². The summed E-state index contributed by atoms with van der Waals surface area (Å²) >= 11 is 1.76. The topological polar surface area (TPSA) is 28.2 Å². The number of hydrogen-bond acceptors (Lipinski definition) is 4. The molecule has 0 amide bonds. The molecule has 19 heavy (non-hydrogen) atoms. The van der Waals surface area contributed by atoms with Crippen LogP contribution in [-0.2, 0) is 6.54 Å². The Balaban J connectivity index is 2.02. The molecule has 0 saturated carbocycles. The molecule has 0 aliphatic carbocycles. The monoisotopic (exact) mass is 281 g/mol. The first-order valence-corrected chi connectivity index (χ1v) is 8.36. The third-order valence-electron chi connectivity index (χ3n) is 4.39. The van der Waals surface area contributed by atoms with Crippen molar-refractivity contribution in [2.45, 2.75) is 59.2 Å². The molecule has 3 unspecified atom stereocenters. The normalized spacial score (nSPS) is 27.2. The van der Waals surface area contributed by atoms with Gasteiger partial charge >= 0.3 is 0 Å². The van der Waals surface area contributed by atoms with Gasteiger partial charge in [0.05, 0.1) is 10.7 Å². The standard InChI is InChI=1S/C15H27N3S/c1-5-11(2)15-9-18(12(3)6-7-16-15)8-14-10-19-13(4)17-14/h10-12,15-16H,5-9H2,1-4H3. The van der Waals surface area contributed by atoms with Crippen LogP contribution in [-0.4, -0.2) is 35.1 Å². The van der Waals surface area contributed by atoms with Gasteiger partial charge in [0, 0.05) is 30.6 Å². The highest BCUT2D eigenvalue weighted by molar-refractivity contribution is 7.09. The van der Waals surface area contributed by atoms with Gasteiger partial charge in [-0.15, -0.1) is 11.3 Å². The lowest BCUT2D eigenvalue weighted by atomic mass is 9.99. The van der Waals surface area contributed by atoms with E-state index in [1.807, 2.05) is 0 Å². The van der Waals surface area contributed by atoms with E-state index in [9.17, 15) is 0 Å². The average Bonchev–Trinajstić information content (AvgIpc) is 2.71. The molecule has 1 fully saturated rings. The van der Waals surface area contributed by atoms with Crippen molar-refractivity contribution in [1.82, 2.24) is 15.2 Å². The highest BCUT2D eigenvalue weighted by atomic mass is 32.1. The van der Waals surface area contributed by atoms with Crippen LogP contribution in [0.4, 0.5) is 0 Å². The average molecular weight is 281 g/mol. The van der Waals surface area contributed by atoms with E-state index in [1.54, 1.807) is 11.3 Å². The Bertz CT molecular complexity index is 390. The number of hydrogen-bond donors (Lipinski definition) is 1. The molecule has 1 N–H and O–H groups in total. The van der Waals surface area contributed by atoms with Crippen LogP contribution in [0.2, 0.25) is 0 Å². The summed E-state index contributed by atoms with van der Waals surface area (Å²) in [6, 6.07) is 1.26. The molecule has 1 saturated heterocycles. The number of rotatable bonds is 4. The molecular weight excluding hydrogens is 254 g/mol. The third-order valence-corrected chi connectivity index (χ3v) is 5.21. The second-order valence-corrected chi connectivity index (χ2v) is 6.93. The minimum atomic E-state index is 0.620. The maximum Gasteiger partial charge on any atom is 0.0897 e. The molecule has 4 heteroatoms. The molecule has 2 rings (SSSR count). The molecule has 1 aliphatic rings. The van der Waals surface area contributed by atoms with Crippen LogP contribution >= 0.6 is 11.3 Å². The molecule has 1 aromatic rings. The van der Waals surface area contributed by atoms with Crippen LogP contribution in [0.1, 0.15) is 44.3 Å². The molecule has 3 atom stereocenters. The van der Waals surface area contributed by atoms with Gasteiger partial charge in [0.25, 0.3) is 0 Å². The van der Waals surface area contributed by atoms with Gasteiger partial charge in [0.15, 0.2) is 0 Å². The fourth-order valence-corrected chi connectivity index (χ4v) is 3.34. The predicted octanol–water partition coefficient (Wildman–Crippen LogP) is 3.05. The third kappa shape index (κ3) is 4.01. The Kier molecular flexibility index (Phi) is 5.37. The van der Waals surface area contributed by atoms with E-state index in [1.165, 1.54) is 23.5 Å². The largest absolute Gasteiger partial charge is 0.312 e. The van der Waals surface area contributed by atoms with Gasteiger partial charge in [-0.05, 0) is 32.7 Å². The number of aryl methyl sites for hydroxylation is 1. The van der Waals surface area contributed by atoms with Crippen molar-refractivity contribution in [3.05, 3.63) is 16.1 Å². The van der Waals surface area contributed by atoms with Crippen molar-refractivity contribution < 1.29 is 0 Å². The van der Waals surface area contributed by atoms with Gasteiger partial charge in [0.2, 0.25) is 0 Å². The molecule has 0 radical (unpaired) electrons. The summed E-state index contributed by atoms with van der Waals surface area (Å²) in [4.78, 5) is 7.22. The van der Waals surface area contributed by atoms with E-state index in [2.05, 4.69) is 48.3 Å². The van der Waals surface area contributed by atoms with Crippen LogP contribution < -0.4 is 5.32 Å². The Morgan fingerprint density at radius 1 is 1.58 bits per heavy atom. The summed E-state index contributed by atoms with van der Waals surface area (Å²) in [5, 5.41) is 7.11. The summed E-state index contributed by atoms with van der Waals surface area (Å²) in [5.74, 6) is 0.741. The van der Waals surface area contributed by atoms with Crippen LogP contribution in [0.15, 0.2) is 5.38 Å². The van der Waals surface area contributed by atoms with Crippen molar-refractivity contribution in [3.8, 4) is 0 Å². The predicted molar refractivity (Wildman–Crippen MR) is 82.6 cm³/mol. The molecule has 3 nitrogen and oxygen atoms in total. The van der Waals surface area contributed by atoms with Gasteiger partial charge in [-0.3, -0.25) is 4.90 Å². The smallest absolute Gasteiger partial charge is 0.0897 e. The first-order valence-electron chi connectivity index (χ1n) is 7.48. The Labute approximate surface area is 121 Å². The molecule has 1 aromatic heterocycles. The first kappa shape index (κ1) is 14.9. The highest BCUT2D eigenvalue weighted by Gasteiger charge is 2.26. The van der Waals surface area contributed by atoms with E-state index in [0.29, 0.717) is 12.1 Å². The molecule has 2 heterocycles. The maximum atomic E-state index is 4.62. The summed E-state index contributed by atoms with van der Waals surface area (Å²) in [6.45, 7) is 12.4. The summed E-state index contributed by atoms with van der Waals surface area (Å²) in [7, 11) is 0. The SMILES string of the molecule is CCC(C)C1CN(Cc2csc(C)n2)C(C)CCN1. The minimum Gasteiger partial charge on any atom is -0.312 e. The highest BCUT2D eigenvalue weighted by Crippen LogP contribution is 2.19. The number of aromatic nitrogens is 1. The molecule has 0 aromatic carbocycles. The quantitative estimate of drug-likeness (QED) is 0.919. The lowest BCUT2D eigenvalue weighted by molar-refractivity contribution is 0.178. The van der Waals surface area contributed by atoms with E-state index in [0.717, 1.165) is 25.6 Å². The summed E-state index contributed by atoms with van der Waals surface area (Å²) in [6.07, 6.45) is 2.48. The van der Waals surface area contributed by atoms with E-state index in [-0.39, 0.29) is 0 Å². The second-order valence-electron chi connectivity index (χ2n) is 5.87. The first-order chi connectivity index (χ1) is 9.10. The minimum absolute atomic E-state index is 0.620. The van der Waals surface area contributed by atoms with Gasteiger partial charge in [0.1, 0.15) is 0 Å². The summed E-state index contributed by atoms with van der Waals surface area (Å²) in [5.41, 5.74) is 1.24. The zero-order chi connectivity index (χ0) is 13.8. The van der Waals surface area contributed by atoms with E-state index >= 15 is 0 Å². The Morgan fingerprint density at radius 2 is 2.37 bits per heavy atom. The van der Waals surface area contributed by atoms with Gasteiger partial charge in [-0.25, -0.2) is 4.98 Å². The number of nitrogens with one attached hydrogen (secondary N) is 1. The van der Waals surface area contributed by atoms with Crippen molar-refractivity contribution in [2.24, 2.45) is 5.92 Å². The van der Waals surface area contributed by atoms with Gasteiger partial charge in [-0.2, -0.15) is 0 Å². The van der Waals surface area contributed by atoms with Crippen molar-refractivity contribution in [1.29, 1.82) is 0 Å². The fourth-order valence-electron chi connectivity index (χ4n) is 2.73. The Morgan fingerprint density at radius 3 is 3.00 bits per heavy atom. The van der Waals surface area contributed by atoms with Crippen LogP contribution in [0.25, 0.3) is 0 Å². The Hall–Kier alpha value is -0.450. The van der Waals surface area contributed by atoms with E-state index in [4.69, 9.17) is 0 Å². The number of thiazole rings is 1. The molecule has 108 valence electrons. The summed E-state index contributed by atoms with van der Waals surface area (Å²) < 4.78 is 0. The van der Waals surface area contributed by atoms with Gasteiger partial charge in [-0.1, -0.05) is 20.3 Å². The van der Waals surface area contributed by atoms with Crippen LogP contribution in [0, 0.1) is 12.8 Å². The van der Waals surface area contributed by atoms with Crippen LogP contribution in [0.3, 0.4) is 0 Å².